The van der Waals surface area contributed by atoms with Gasteiger partial charge in [-0.15, -0.1) is 11.3 Å². The van der Waals surface area contributed by atoms with Crippen LogP contribution >= 0.6 is 23.6 Å². The van der Waals surface area contributed by atoms with Gasteiger partial charge in [0.2, 0.25) is 5.95 Å². The van der Waals surface area contributed by atoms with Crippen LogP contribution in [-0.2, 0) is 4.74 Å². The van der Waals surface area contributed by atoms with Crippen LogP contribution in [0.3, 0.4) is 0 Å². The van der Waals surface area contributed by atoms with E-state index in [0.29, 0.717) is 19.1 Å². The average Bonchev–Trinajstić information content (AvgIpc) is 3.42. The molecule has 0 bridgehead atoms. The fraction of sp³-hybridized carbons (Fsp3) is 0.407. The first-order valence-electron chi connectivity index (χ1n) is 12.8. The highest BCUT2D eigenvalue weighted by Gasteiger charge is 2.33. The number of hydrogen-bond donors (Lipinski definition) is 1. The van der Waals surface area contributed by atoms with Gasteiger partial charge in [-0.2, -0.15) is 4.98 Å². The average molecular weight is 534 g/mol. The number of piperazine rings is 1. The number of aromatic nitrogens is 3. The number of ether oxygens (including phenoxy) is 1. The zero-order chi connectivity index (χ0) is 25.4. The van der Waals surface area contributed by atoms with Crippen molar-refractivity contribution in [3.05, 3.63) is 48.0 Å². The molecule has 0 saturated carbocycles. The first-order valence-corrected chi connectivity index (χ1v) is 14.1. The van der Waals surface area contributed by atoms with Crippen molar-refractivity contribution in [1.29, 1.82) is 0 Å². The molecule has 1 N–H and O–H groups in total. The molecule has 2 aliphatic rings. The van der Waals surface area contributed by atoms with Gasteiger partial charge in [-0.3, -0.25) is 4.98 Å². The van der Waals surface area contributed by atoms with E-state index in [9.17, 15) is 0 Å². The number of hydrogen-bond acceptors (Lipinski definition) is 8. The summed E-state index contributed by atoms with van der Waals surface area (Å²) in [6, 6.07) is 12.5. The summed E-state index contributed by atoms with van der Waals surface area (Å²) in [5, 5.41) is 7.47. The lowest BCUT2D eigenvalue weighted by atomic mass is 10.00. The Labute approximate surface area is 226 Å². The monoisotopic (exact) mass is 533 g/mol. The molecule has 4 aromatic rings. The van der Waals surface area contributed by atoms with Crippen LogP contribution in [0.5, 0.6) is 0 Å². The van der Waals surface area contributed by atoms with E-state index in [1.807, 2.05) is 24.4 Å². The molecule has 3 aromatic heterocycles. The Morgan fingerprint density at radius 1 is 1.03 bits per heavy atom. The molecule has 0 aliphatic carbocycles. The molecule has 0 amide bonds. The summed E-state index contributed by atoms with van der Waals surface area (Å²) in [6.07, 6.45) is 1.82. The highest BCUT2D eigenvalue weighted by Crippen LogP contribution is 2.33. The standard InChI is InChI=1S/C27H31N7OS2/c1-18(2)23-17-33(25-24-22(8-16-37-24)29-26(31-25)32-12-14-35-15-13-32)10-11-34(23)27(36)30-21-7-3-6-20-19(21)5-4-9-28-20/h3-9,16,18,23H,10-15,17H2,1-2H3,(H,30,36). The normalized spacial score (nSPS) is 18.7. The number of nitrogens with one attached hydrogen (secondary N) is 1. The lowest BCUT2D eigenvalue weighted by molar-refractivity contribution is 0.122. The summed E-state index contributed by atoms with van der Waals surface area (Å²) in [6.45, 7) is 10.1. The molecule has 5 heterocycles. The number of thiophene rings is 1. The van der Waals surface area contributed by atoms with Gasteiger partial charge in [-0.05, 0) is 53.8 Å². The SMILES string of the molecule is CC(C)C1CN(c2nc(N3CCOCC3)nc3ccsc23)CCN1C(=S)Nc1cccc2ncccc12. The second kappa shape index (κ2) is 10.4. The molecular formula is C27H31N7OS2. The van der Waals surface area contributed by atoms with Gasteiger partial charge in [0.25, 0.3) is 0 Å². The summed E-state index contributed by atoms with van der Waals surface area (Å²) in [4.78, 5) is 21.5. The van der Waals surface area contributed by atoms with E-state index in [4.69, 9.17) is 26.9 Å². The van der Waals surface area contributed by atoms with Crippen LogP contribution in [0.25, 0.3) is 21.1 Å². The number of anilines is 3. The van der Waals surface area contributed by atoms with Crippen LogP contribution in [0.15, 0.2) is 48.0 Å². The van der Waals surface area contributed by atoms with Gasteiger partial charge in [0.1, 0.15) is 0 Å². The molecule has 1 aromatic carbocycles. The minimum absolute atomic E-state index is 0.249. The topological polar surface area (TPSA) is 69.7 Å². The smallest absolute Gasteiger partial charge is 0.228 e. The van der Waals surface area contributed by atoms with Crippen LogP contribution in [0.2, 0.25) is 0 Å². The third-order valence-corrected chi connectivity index (χ3v) is 8.44. The van der Waals surface area contributed by atoms with E-state index in [1.165, 1.54) is 0 Å². The second-order valence-electron chi connectivity index (χ2n) is 9.84. The minimum Gasteiger partial charge on any atom is -0.378 e. The molecule has 6 rings (SSSR count). The van der Waals surface area contributed by atoms with Crippen LogP contribution in [0, 0.1) is 5.92 Å². The summed E-state index contributed by atoms with van der Waals surface area (Å²) < 4.78 is 6.70. The van der Waals surface area contributed by atoms with Crippen LogP contribution in [0.1, 0.15) is 13.8 Å². The molecule has 10 heteroatoms. The van der Waals surface area contributed by atoms with Crippen molar-refractivity contribution >= 4 is 67.2 Å². The van der Waals surface area contributed by atoms with Gasteiger partial charge >= 0.3 is 0 Å². The number of morpholine rings is 1. The summed E-state index contributed by atoms with van der Waals surface area (Å²) in [5.41, 5.74) is 2.97. The molecule has 2 saturated heterocycles. The van der Waals surface area contributed by atoms with Crippen molar-refractivity contribution in [2.24, 2.45) is 5.92 Å². The first kappa shape index (κ1) is 24.3. The Hall–Kier alpha value is -3.08. The van der Waals surface area contributed by atoms with Gasteiger partial charge in [-0.1, -0.05) is 19.9 Å². The maximum absolute atomic E-state index is 5.97. The van der Waals surface area contributed by atoms with Gasteiger partial charge in [0.15, 0.2) is 10.9 Å². The number of rotatable bonds is 4. The third kappa shape index (κ3) is 4.81. The Bertz CT molecular complexity index is 1410. The number of pyridine rings is 1. The summed E-state index contributed by atoms with van der Waals surface area (Å²) in [7, 11) is 0. The van der Waals surface area contributed by atoms with Crippen molar-refractivity contribution in [3.8, 4) is 0 Å². The van der Waals surface area contributed by atoms with Crippen molar-refractivity contribution < 1.29 is 4.74 Å². The van der Waals surface area contributed by atoms with E-state index in [2.05, 4.69) is 62.4 Å². The summed E-state index contributed by atoms with van der Waals surface area (Å²) in [5.74, 6) is 2.25. The van der Waals surface area contributed by atoms with Crippen LogP contribution < -0.4 is 15.1 Å². The number of fused-ring (bicyclic) bond motifs is 2. The fourth-order valence-corrected chi connectivity index (χ4v) is 6.36. The van der Waals surface area contributed by atoms with Crippen molar-refractivity contribution in [3.63, 3.8) is 0 Å². The molecule has 0 radical (unpaired) electrons. The molecule has 0 spiro atoms. The predicted molar refractivity (Wildman–Crippen MR) is 156 cm³/mol. The molecule has 2 aliphatic heterocycles. The number of benzene rings is 1. The molecule has 1 atom stereocenters. The maximum atomic E-state index is 5.97. The Balaban J connectivity index is 1.26. The van der Waals surface area contributed by atoms with E-state index < -0.39 is 0 Å². The van der Waals surface area contributed by atoms with E-state index >= 15 is 0 Å². The summed E-state index contributed by atoms with van der Waals surface area (Å²) >= 11 is 7.69. The lowest BCUT2D eigenvalue weighted by Gasteiger charge is -2.45. The molecule has 1 unspecified atom stereocenters. The van der Waals surface area contributed by atoms with Crippen molar-refractivity contribution in [2.75, 3.05) is 61.1 Å². The van der Waals surface area contributed by atoms with E-state index in [-0.39, 0.29) is 6.04 Å². The minimum atomic E-state index is 0.249. The fourth-order valence-electron chi connectivity index (χ4n) is 5.18. The zero-order valence-corrected chi connectivity index (χ0v) is 22.8. The van der Waals surface area contributed by atoms with Gasteiger partial charge in [0, 0.05) is 50.0 Å². The van der Waals surface area contributed by atoms with E-state index in [1.54, 1.807) is 11.3 Å². The Morgan fingerprint density at radius 3 is 2.73 bits per heavy atom. The molecular weight excluding hydrogens is 502 g/mol. The van der Waals surface area contributed by atoms with Gasteiger partial charge in [-0.25, -0.2) is 4.98 Å². The molecule has 8 nitrogen and oxygen atoms in total. The van der Waals surface area contributed by atoms with Crippen LogP contribution in [-0.4, -0.2) is 76.9 Å². The number of nitrogens with zero attached hydrogens (tertiary/aromatic N) is 6. The first-order chi connectivity index (χ1) is 18.1. The molecule has 192 valence electrons. The van der Waals surface area contributed by atoms with Crippen molar-refractivity contribution in [2.45, 2.75) is 19.9 Å². The van der Waals surface area contributed by atoms with Gasteiger partial charge < -0.3 is 24.8 Å². The van der Waals surface area contributed by atoms with E-state index in [0.717, 1.165) is 76.4 Å². The third-order valence-electron chi connectivity index (χ3n) is 7.20. The zero-order valence-electron chi connectivity index (χ0n) is 21.1. The van der Waals surface area contributed by atoms with Crippen LogP contribution in [0.4, 0.5) is 17.5 Å². The van der Waals surface area contributed by atoms with Crippen molar-refractivity contribution in [1.82, 2.24) is 19.9 Å². The highest BCUT2D eigenvalue weighted by atomic mass is 32.1. The largest absolute Gasteiger partial charge is 0.378 e. The molecule has 2 fully saturated rings. The second-order valence-corrected chi connectivity index (χ2v) is 11.1. The maximum Gasteiger partial charge on any atom is 0.228 e. The predicted octanol–water partition coefficient (Wildman–Crippen LogP) is 4.62. The number of thiocarbonyl (C=S) groups is 1. The Morgan fingerprint density at radius 2 is 1.89 bits per heavy atom. The molecule has 37 heavy (non-hydrogen) atoms. The quantitative estimate of drug-likeness (QED) is 0.379. The Kier molecular flexibility index (Phi) is 6.79. The lowest BCUT2D eigenvalue weighted by Crippen LogP contribution is -2.58. The highest BCUT2D eigenvalue weighted by molar-refractivity contribution is 7.80. The van der Waals surface area contributed by atoms with Gasteiger partial charge in [0.05, 0.1) is 35.0 Å².